The molecular weight excluding hydrogens is 428 g/mol. The van der Waals surface area contributed by atoms with E-state index in [9.17, 15) is 4.79 Å². The van der Waals surface area contributed by atoms with Crippen LogP contribution in [0.25, 0.3) is 11.1 Å². The van der Waals surface area contributed by atoms with Gasteiger partial charge in [-0.05, 0) is 60.4 Å². The molecule has 0 amide bonds. The van der Waals surface area contributed by atoms with Crippen molar-refractivity contribution in [1.82, 2.24) is 10.3 Å². The number of fused-ring (bicyclic) bond motifs is 1. The lowest BCUT2D eigenvalue weighted by atomic mass is 10.0. The number of hydrogen-bond donors (Lipinski definition) is 2. The van der Waals surface area contributed by atoms with E-state index in [1.54, 1.807) is 6.07 Å². The van der Waals surface area contributed by atoms with Crippen LogP contribution in [0.1, 0.15) is 29.5 Å². The summed E-state index contributed by atoms with van der Waals surface area (Å²) in [7, 11) is 0. The van der Waals surface area contributed by atoms with Gasteiger partial charge in [-0.25, -0.2) is 9.78 Å². The van der Waals surface area contributed by atoms with Crippen molar-refractivity contribution in [2.45, 2.75) is 25.4 Å². The molecular formula is C25H23ClN2O4. The SMILES string of the molecule is O=C(O)COc1cccc(CNC(CCc2ccc(Cl)cc2)c2nc3ccccc3o2)c1. The van der Waals surface area contributed by atoms with E-state index < -0.39 is 5.97 Å². The van der Waals surface area contributed by atoms with Gasteiger partial charge in [-0.3, -0.25) is 0 Å². The summed E-state index contributed by atoms with van der Waals surface area (Å²) < 4.78 is 11.3. The number of carbonyl (C=O) groups is 1. The fourth-order valence-corrected chi connectivity index (χ4v) is 3.57. The molecule has 2 N–H and O–H groups in total. The fraction of sp³-hybridized carbons (Fsp3) is 0.200. The number of nitrogens with one attached hydrogen (secondary N) is 1. The lowest BCUT2D eigenvalue weighted by Gasteiger charge is -2.16. The van der Waals surface area contributed by atoms with Gasteiger partial charge in [-0.1, -0.05) is 48.0 Å². The monoisotopic (exact) mass is 450 g/mol. The number of halogens is 1. The molecule has 0 aliphatic carbocycles. The van der Waals surface area contributed by atoms with Gasteiger partial charge in [0.1, 0.15) is 11.3 Å². The Kier molecular flexibility index (Phi) is 7.04. The Morgan fingerprint density at radius 3 is 2.66 bits per heavy atom. The minimum Gasteiger partial charge on any atom is -0.482 e. The zero-order chi connectivity index (χ0) is 22.3. The molecule has 0 radical (unpaired) electrons. The molecule has 32 heavy (non-hydrogen) atoms. The van der Waals surface area contributed by atoms with Crippen molar-refractivity contribution in [3.05, 3.63) is 94.8 Å². The second kappa shape index (κ2) is 10.3. The quantitative estimate of drug-likeness (QED) is 0.336. The molecule has 6 nitrogen and oxygen atoms in total. The second-order valence-corrected chi connectivity index (χ2v) is 7.88. The average Bonchev–Trinajstić information content (AvgIpc) is 3.23. The molecule has 1 atom stereocenters. The zero-order valence-corrected chi connectivity index (χ0v) is 18.1. The van der Waals surface area contributed by atoms with Crippen molar-refractivity contribution in [2.24, 2.45) is 0 Å². The van der Waals surface area contributed by atoms with Crippen molar-refractivity contribution in [3.63, 3.8) is 0 Å². The Balaban J connectivity index is 1.49. The highest BCUT2D eigenvalue weighted by atomic mass is 35.5. The Morgan fingerprint density at radius 1 is 1.06 bits per heavy atom. The van der Waals surface area contributed by atoms with Crippen LogP contribution >= 0.6 is 11.6 Å². The van der Waals surface area contributed by atoms with Gasteiger partial charge < -0.3 is 19.6 Å². The van der Waals surface area contributed by atoms with Crippen molar-refractivity contribution < 1.29 is 19.1 Å². The molecule has 4 aromatic rings. The highest BCUT2D eigenvalue weighted by Crippen LogP contribution is 2.25. The number of aliphatic carboxylic acids is 1. The van der Waals surface area contributed by atoms with Crippen LogP contribution in [0, 0.1) is 0 Å². The predicted molar refractivity (Wildman–Crippen MR) is 123 cm³/mol. The van der Waals surface area contributed by atoms with Gasteiger partial charge >= 0.3 is 5.97 Å². The Morgan fingerprint density at radius 2 is 1.88 bits per heavy atom. The van der Waals surface area contributed by atoms with Crippen LogP contribution in [-0.2, 0) is 17.8 Å². The molecule has 3 aromatic carbocycles. The minimum absolute atomic E-state index is 0.110. The molecule has 0 bridgehead atoms. The summed E-state index contributed by atoms with van der Waals surface area (Å²) >= 11 is 6.01. The lowest BCUT2D eigenvalue weighted by Crippen LogP contribution is -2.22. The predicted octanol–water partition coefficient (Wildman–Crippen LogP) is 5.41. The summed E-state index contributed by atoms with van der Waals surface area (Å²) in [6.45, 7) is 0.178. The first-order valence-corrected chi connectivity index (χ1v) is 10.7. The maximum absolute atomic E-state index is 10.7. The molecule has 0 fully saturated rings. The van der Waals surface area contributed by atoms with E-state index in [0.717, 1.165) is 29.5 Å². The number of aromatic nitrogens is 1. The molecule has 1 heterocycles. The molecule has 0 aliphatic rings. The summed E-state index contributed by atoms with van der Waals surface area (Å²) in [5.41, 5.74) is 3.73. The van der Waals surface area contributed by atoms with E-state index in [0.29, 0.717) is 23.2 Å². The fourth-order valence-electron chi connectivity index (χ4n) is 3.45. The van der Waals surface area contributed by atoms with Crippen LogP contribution in [0.4, 0.5) is 0 Å². The van der Waals surface area contributed by atoms with E-state index in [1.807, 2.05) is 66.7 Å². The zero-order valence-electron chi connectivity index (χ0n) is 17.3. The number of ether oxygens (including phenoxy) is 1. The number of nitrogens with zero attached hydrogens (tertiary/aromatic N) is 1. The largest absolute Gasteiger partial charge is 0.482 e. The Labute approximate surface area is 190 Å². The number of carboxylic acids is 1. The molecule has 0 saturated heterocycles. The summed E-state index contributed by atoms with van der Waals surface area (Å²) in [5.74, 6) is 0.150. The number of para-hydroxylation sites is 2. The summed E-state index contributed by atoms with van der Waals surface area (Å²) in [6.07, 6.45) is 1.61. The summed E-state index contributed by atoms with van der Waals surface area (Å²) in [6, 6.07) is 22.8. The van der Waals surface area contributed by atoms with Crippen LogP contribution in [0.2, 0.25) is 5.02 Å². The topological polar surface area (TPSA) is 84.6 Å². The van der Waals surface area contributed by atoms with Gasteiger partial charge in [0.15, 0.2) is 12.2 Å². The maximum atomic E-state index is 10.7. The first-order valence-electron chi connectivity index (χ1n) is 10.3. The van der Waals surface area contributed by atoms with E-state index in [2.05, 4.69) is 10.3 Å². The van der Waals surface area contributed by atoms with Crippen LogP contribution in [0.15, 0.2) is 77.2 Å². The van der Waals surface area contributed by atoms with E-state index in [-0.39, 0.29) is 12.6 Å². The third kappa shape index (κ3) is 5.87. The van der Waals surface area contributed by atoms with E-state index >= 15 is 0 Å². The van der Waals surface area contributed by atoms with Gasteiger partial charge in [0.2, 0.25) is 5.89 Å². The van der Waals surface area contributed by atoms with Crippen LogP contribution in [0.3, 0.4) is 0 Å². The van der Waals surface area contributed by atoms with Crippen LogP contribution in [-0.4, -0.2) is 22.7 Å². The molecule has 7 heteroatoms. The van der Waals surface area contributed by atoms with Crippen molar-refractivity contribution in [3.8, 4) is 5.75 Å². The number of aryl methyl sites for hydroxylation is 1. The van der Waals surface area contributed by atoms with Crippen LogP contribution in [0.5, 0.6) is 5.75 Å². The van der Waals surface area contributed by atoms with Crippen molar-refractivity contribution in [2.75, 3.05) is 6.61 Å². The standard InChI is InChI=1S/C25H23ClN2O4/c26-19-11-8-17(9-12-19)10-13-22(25-28-21-6-1-2-7-23(21)32-25)27-15-18-4-3-5-20(14-18)31-16-24(29)30/h1-9,11-12,14,22,27H,10,13,15-16H2,(H,29,30). The molecule has 164 valence electrons. The summed E-state index contributed by atoms with van der Waals surface area (Å²) in [5, 5.41) is 13.1. The summed E-state index contributed by atoms with van der Waals surface area (Å²) in [4.78, 5) is 15.4. The second-order valence-electron chi connectivity index (χ2n) is 7.45. The number of rotatable bonds is 10. The Hall–Kier alpha value is -3.35. The first-order chi connectivity index (χ1) is 15.6. The molecule has 0 aliphatic heterocycles. The van der Waals surface area contributed by atoms with Gasteiger partial charge in [0.05, 0.1) is 6.04 Å². The maximum Gasteiger partial charge on any atom is 0.341 e. The van der Waals surface area contributed by atoms with E-state index in [4.69, 9.17) is 25.9 Å². The van der Waals surface area contributed by atoms with Crippen molar-refractivity contribution in [1.29, 1.82) is 0 Å². The molecule has 1 unspecified atom stereocenters. The van der Waals surface area contributed by atoms with E-state index in [1.165, 1.54) is 5.56 Å². The molecule has 0 spiro atoms. The van der Waals surface area contributed by atoms with Gasteiger partial charge in [-0.2, -0.15) is 0 Å². The normalized spacial score (nSPS) is 12.0. The first kappa shape index (κ1) is 21.9. The highest BCUT2D eigenvalue weighted by molar-refractivity contribution is 6.30. The molecule has 0 saturated carbocycles. The van der Waals surface area contributed by atoms with Gasteiger partial charge in [0, 0.05) is 11.6 Å². The average molecular weight is 451 g/mol. The smallest absolute Gasteiger partial charge is 0.341 e. The molecule has 4 rings (SSSR count). The van der Waals surface area contributed by atoms with Crippen molar-refractivity contribution >= 4 is 28.7 Å². The molecule has 1 aromatic heterocycles. The number of carboxylic acid groups (broad SMARTS) is 1. The number of oxazole rings is 1. The minimum atomic E-state index is -1.01. The number of benzene rings is 3. The third-order valence-corrected chi connectivity index (χ3v) is 5.31. The highest BCUT2D eigenvalue weighted by Gasteiger charge is 2.18. The van der Waals surface area contributed by atoms with Gasteiger partial charge in [0.25, 0.3) is 0 Å². The Bertz CT molecular complexity index is 1160. The third-order valence-electron chi connectivity index (χ3n) is 5.06. The number of hydrogen-bond acceptors (Lipinski definition) is 5. The van der Waals surface area contributed by atoms with Gasteiger partial charge in [-0.15, -0.1) is 0 Å². The lowest BCUT2D eigenvalue weighted by molar-refractivity contribution is -0.139. The van der Waals surface area contributed by atoms with Crippen LogP contribution < -0.4 is 10.1 Å².